The second-order valence-corrected chi connectivity index (χ2v) is 8.47. The Hall–Kier alpha value is -1.59. The molecule has 0 spiro atoms. The molecule has 1 N–H and O–H groups in total. The summed E-state index contributed by atoms with van der Waals surface area (Å²) in [4.78, 5) is 36.2. The average Bonchev–Trinajstić information content (AvgIpc) is 2.61. The maximum Gasteiger partial charge on any atom is 0.309 e. The quantitative estimate of drug-likeness (QED) is 0.427. The lowest BCUT2D eigenvalue weighted by Crippen LogP contribution is -2.39. The van der Waals surface area contributed by atoms with Crippen molar-refractivity contribution in [1.29, 1.82) is 0 Å². The largest absolute Gasteiger partial charge is 0.481 e. The molecule has 1 rings (SSSR count). The predicted molar refractivity (Wildman–Crippen MR) is 102 cm³/mol. The van der Waals surface area contributed by atoms with Gasteiger partial charge in [-0.05, 0) is 56.8 Å². The van der Waals surface area contributed by atoms with Gasteiger partial charge in [-0.3, -0.25) is 14.4 Å². The summed E-state index contributed by atoms with van der Waals surface area (Å²) in [5.41, 5.74) is 0. The van der Waals surface area contributed by atoms with Crippen LogP contribution in [0.1, 0.15) is 72.6 Å². The highest BCUT2D eigenvalue weighted by atomic mass is 16.5. The lowest BCUT2D eigenvalue weighted by Gasteiger charge is -2.31. The molecule has 0 radical (unpaired) electrons. The van der Waals surface area contributed by atoms with Crippen LogP contribution in [0, 0.1) is 29.6 Å². The molecule has 1 aliphatic rings. The molecule has 0 bridgehead atoms. The number of ether oxygens (including phenoxy) is 2. The normalized spacial score (nSPS) is 22.7. The lowest BCUT2D eigenvalue weighted by atomic mass is 9.74. The molecule has 0 aromatic rings. The van der Waals surface area contributed by atoms with Crippen molar-refractivity contribution in [3.8, 4) is 0 Å². The van der Waals surface area contributed by atoms with E-state index in [2.05, 4.69) is 27.7 Å². The molecule has 0 aliphatic heterocycles. The minimum absolute atomic E-state index is 0.143. The van der Waals surface area contributed by atoms with Crippen LogP contribution in [0.15, 0.2) is 0 Å². The van der Waals surface area contributed by atoms with Crippen molar-refractivity contribution in [3.63, 3.8) is 0 Å². The monoisotopic (exact) mass is 384 g/mol. The number of carbonyl (C=O) groups excluding carboxylic acids is 2. The molecule has 1 fully saturated rings. The number of aliphatic carboxylic acids is 1. The Labute approximate surface area is 163 Å². The average molecular weight is 385 g/mol. The molecule has 0 aromatic heterocycles. The van der Waals surface area contributed by atoms with Gasteiger partial charge in [0, 0.05) is 0 Å². The molecular weight excluding hydrogens is 348 g/mol. The first-order chi connectivity index (χ1) is 12.7. The molecule has 27 heavy (non-hydrogen) atoms. The molecule has 1 aliphatic carbocycles. The Morgan fingerprint density at radius 3 is 1.85 bits per heavy atom. The highest BCUT2D eigenvalue weighted by molar-refractivity contribution is 5.83. The van der Waals surface area contributed by atoms with Crippen LogP contribution < -0.4 is 0 Å². The zero-order chi connectivity index (χ0) is 20.4. The Bertz CT molecular complexity index is 485. The minimum Gasteiger partial charge on any atom is -0.481 e. The van der Waals surface area contributed by atoms with Crippen LogP contribution in [0.25, 0.3) is 0 Å². The zero-order valence-corrected chi connectivity index (χ0v) is 17.2. The maximum atomic E-state index is 12.3. The molecule has 3 atom stereocenters. The van der Waals surface area contributed by atoms with Gasteiger partial charge < -0.3 is 14.6 Å². The lowest BCUT2D eigenvalue weighted by molar-refractivity contribution is -0.164. The van der Waals surface area contributed by atoms with Crippen LogP contribution in [0.5, 0.6) is 0 Å². The third-order valence-electron chi connectivity index (χ3n) is 5.14. The Morgan fingerprint density at radius 1 is 0.852 bits per heavy atom. The van der Waals surface area contributed by atoms with Gasteiger partial charge in [-0.2, -0.15) is 0 Å². The fourth-order valence-electron chi connectivity index (χ4n) is 3.49. The van der Waals surface area contributed by atoms with Crippen molar-refractivity contribution in [3.05, 3.63) is 0 Å². The van der Waals surface area contributed by atoms with Crippen molar-refractivity contribution in [2.75, 3.05) is 13.2 Å². The summed E-state index contributed by atoms with van der Waals surface area (Å²) in [5.74, 6) is -2.74. The van der Waals surface area contributed by atoms with Gasteiger partial charge in [-0.1, -0.05) is 27.7 Å². The van der Waals surface area contributed by atoms with Gasteiger partial charge >= 0.3 is 17.9 Å². The molecule has 1 saturated carbocycles. The minimum atomic E-state index is -1.04. The van der Waals surface area contributed by atoms with E-state index < -0.39 is 29.7 Å². The SMILES string of the molecule is CC(C)CCCOC(=O)C1CCC(C(=O)OCCCC(C)C)C(C(=O)O)C1. The summed E-state index contributed by atoms with van der Waals surface area (Å²) in [6.45, 7) is 9.12. The van der Waals surface area contributed by atoms with Crippen molar-refractivity contribution >= 4 is 17.9 Å². The third-order valence-corrected chi connectivity index (χ3v) is 5.14. The molecule has 0 heterocycles. The Kier molecular flexibility index (Phi) is 10.4. The molecule has 0 amide bonds. The summed E-state index contributed by atoms with van der Waals surface area (Å²) in [6.07, 6.45) is 4.50. The van der Waals surface area contributed by atoms with Crippen molar-refractivity contribution < 1.29 is 29.0 Å². The number of carbonyl (C=O) groups is 3. The van der Waals surface area contributed by atoms with Crippen molar-refractivity contribution in [1.82, 2.24) is 0 Å². The first-order valence-corrected chi connectivity index (χ1v) is 10.3. The third kappa shape index (κ3) is 8.76. The molecule has 3 unspecified atom stereocenters. The fourth-order valence-corrected chi connectivity index (χ4v) is 3.49. The predicted octanol–water partition coefficient (Wildman–Crippen LogP) is 4.06. The Balaban J connectivity index is 2.48. The van der Waals surface area contributed by atoms with Crippen LogP contribution in [-0.2, 0) is 23.9 Å². The summed E-state index contributed by atoms with van der Waals surface area (Å²) in [6, 6.07) is 0. The summed E-state index contributed by atoms with van der Waals surface area (Å²) in [7, 11) is 0. The van der Waals surface area contributed by atoms with Gasteiger partial charge in [0.25, 0.3) is 0 Å². The van der Waals surface area contributed by atoms with E-state index in [1.54, 1.807) is 0 Å². The fraction of sp³-hybridized carbons (Fsp3) is 0.857. The molecule has 156 valence electrons. The van der Waals surface area contributed by atoms with Crippen molar-refractivity contribution in [2.24, 2.45) is 29.6 Å². The molecule has 0 aromatic carbocycles. The number of rotatable bonds is 11. The second-order valence-electron chi connectivity index (χ2n) is 8.47. The van der Waals surface area contributed by atoms with E-state index in [-0.39, 0.29) is 12.4 Å². The highest BCUT2D eigenvalue weighted by Crippen LogP contribution is 2.36. The van der Waals surface area contributed by atoms with Gasteiger partial charge in [-0.25, -0.2) is 0 Å². The molecular formula is C21H36O6. The van der Waals surface area contributed by atoms with Crippen LogP contribution in [0.4, 0.5) is 0 Å². The van der Waals surface area contributed by atoms with E-state index in [1.807, 2.05) is 0 Å². The van der Waals surface area contributed by atoms with Gasteiger partial charge in [0.05, 0.1) is 31.0 Å². The number of carboxylic acid groups (broad SMARTS) is 1. The van der Waals surface area contributed by atoms with Crippen molar-refractivity contribution in [2.45, 2.75) is 72.6 Å². The van der Waals surface area contributed by atoms with Crippen LogP contribution >= 0.6 is 0 Å². The van der Waals surface area contributed by atoms with Gasteiger partial charge in [0.1, 0.15) is 0 Å². The topological polar surface area (TPSA) is 89.9 Å². The number of carboxylic acids is 1. The molecule has 6 heteroatoms. The number of hydrogen-bond acceptors (Lipinski definition) is 5. The van der Waals surface area contributed by atoms with Crippen LogP contribution in [0.2, 0.25) is 0 Å². The van der Waals surface area contributed by atoms with Gasteiger partial charge in [0.15, 0.2) is 0 Å². The maximum absolute atomic E-state index is 12.3. The van der Waals surface area contributed by atoms with E-state index in [9.17, 15) is 19.5 Å². The molecule has 0 saturated heterocycles. The van der Waals surface area contributed by atoms with Gasteiger partial charge in [0.2, 0.25) is 0 Å². The smallest absolute Gasteiger partial charge is 0.309 e. The Morgan fingerprint density at radius 2 is 1.37 bits per heavy atom. The first-order valence-electron chi connectivity index (χ1n) is 10.3. The highest BCUT2D eigenvalue weighted by Gasteiger charge is 2.42. The summed E-state index contributed by atoms with van der Waals surface area (Å²) < 4.78 is 10.6. The second kappa shape index (κ2) is 12.0. The summed E-state index contributed by atoms with van der Waals surface area (Å²) >= 11 is 0. The van der Waals surface area contributed by atoms with Crippen LogP contribution in [0.3, 0.4) is 0 Å². The van der Waals surface area contributed by atoms with E-state index in [1.165, 1.54) is 0 Å². The summed E-state index contributed by atoms with van der Waals surface area (Å²) in [5, 5.41) is 9.52. The first kappa shape index (κ1) is 23.4. The van der Waals surface area contributed by atoms with Crippen LogP contribution in [-0.4, -0.2) is 36.2 Å². The van der Waals surface area contributed by atoms with Gasteiger partial charge in [-0.15, -0.1) is 0 Å². The van der Waals surface area contributed by atoms with E-state index in [4.69, 9.17) is 9.47 Å². The standard InChI is InChI=1S/C21H36O6/c1-14(2)7-5-11-26-20(24)16-9-10-17(18(13-16)19(22)23)21(25)27-12-6-8-15(3)4/h14-18H,5-13H2,1-4H3,(H,22,23). The van der Waals surface area contributed by atoms with E-state index in [0.717, 1.165) is 25.7 Å². The van der Waals surface area contributed by atoms with E-state index >= 15 is 0 Å². The number of esters is 2. The molecule has 6 nitrogen and oxygen atoms in total. The van der Waals surface area contributed by atoms with E-state index in [0.29, 0.717) is 37.9 Å². The number of hydrogen-bond donors (Lipinski definition) is 1. The zero-order valence-electron chi connectivity index (χ0n) is 17.2.